The van der Waals surface area contributed by atoms with Crippen molar-refractivity contribution in [3.8, 4) is 0 Å². The minimum Gasteiger partial charge on any atom is -0.396 e. The fourth-order valence-corrected chi connectivity index (χ4v) is 0.561. The summed E-state index contributed by atoms with van der Waals surface area (Å²) in [6, 6.07) is 0. The van der Waals surface area contributed by atoms with Gasteiger partial charge in [0.2, 0.25) is 0 Å². The first kappa shape index (κ1) is 10.8. The third kappa shape index (κ3) is 6.21. The molecule has 0 aliphatic carbocycles. The summed E-state index contributed by atoms with van der Waals surface area (Å²) in [5.74, 6) is 0. The first-order valence-corrected chi connectivity index (χ1v) is 3.52. The molecule has 0 aromatic carbocycles. The Morgan fingerprint density at radius 3 is 2.27 bits per heavy atom. The maximum absolute atomic E-state index is 8.93. The number of hydrogen-bond acceptors (Lipinski definition) is 5. The van der Waals surface area contributed by atoms with Gasteiger partial charge in [0.25, 0.3) is 0 Å². The van der Waals surface area contributed by atoms with Crippen molar-refractivity contribution >= 4 is 0 Å². The van der Waals surface area contributed by atoms with Gasteiger partial charge in [-0.1, -0.05) is 0 Å². The molecule has 0 radical (unpaired) electrons. The normalized spacial score (nSPS) is 16.4. The largest absolute Gasteiger partial charge is 0.396 e. The van der Waals surface area contributed by atoms with Crippen LogP contribution in [0.3, 0.4) is 0 Å². The van der Waals surface area contributed by atoms with E-state index in [1.54, 1.807) is 0 Å². The van der Waals surface area contributed by atoms with Crippen molar-refractivity contribution in [2.45, 2.75) is 18.8 Å². The molecule has 68 valence electrons. The van der Waals surface area contributed by atoms with Crippen LogP contribution in [0.15, 0.2) is 0 Å². The molecule has 0 aromatic rings. The molecule has 0 aliphatic heterocycles. The Labute approximate surface area is 65.3 Å². The van der Waals surface area contributed by atoms with Gasteiger partial charge in [-0.15, -0.1) is 0 Å². The van der Waals surface area contributed by atoms with Gasteiger partial charge < -0.3 is 20.4 Å². The average Bonchev–Trinajstić information content (AvgIpc) is 2.01. The predicted octanol–water partition coefficient (Wildman–Crippen LogP) is -2.37. The Morgan fingerprint density at radius 2 is 1.82 bits per heavy atom. The van der Waals surface area contributed by atoms with Gasteiger partial charge in [0.05, 0.1) is 12.7 Å². The molecule has 0 rings (SSSR count). The SMILES string of the molecule is OCCC(O)NCC(O)CO. The Kier molecular flexibility index (Phi) is 6.39. The summed E-state index contributed by atoms with van der Waals surface area (Å²) in [5, 5.41) is 36.9. The predicted molar refractivity (Wildman–Crippen MR) is 38.8 cm³/mol. The van der Waals surface area contributed by atoms with E-state index in [1.165, 1.54) is 0 Å². The Balaban J connectivity index is 3.22. The Morgan fingerprint density at radius 1 is 1.18 bits per heavy atom. The third-order valence-corrected chi connectivity index (χ3v) is 1.20. The van der Waals surface area contributed by atoms with E-state index in [2.05, 4.69) is 5.32 Å². The average molecular weight is 165 g/mol. The lowest BCUT2D eigenvalue weighted by Gasteiger charge is -2.13. The Hall–Kier alpha value is -0.200. The molecule has 0 amide bonds. The van der Waals surface area contributed by atoms with E-state index in [9.17, 15) is 0 Å². The van der Waals surface area contributed by atoms with E-state index in [-0.39, 0.29) is 26.2 Å². The van der Waals surface area contributed by atoms with E-state index < -0.39 is 12.3 Å². The summed E-state index contributed by atoms with van der Waals surface area (Å²) < 4.78 is 0. The van der Waals surface area contributed by atoms with Gasteiger partial charge in [0.1, 0.15) is 6.23 Å². The number of aliphatic hydroxyl groups is 4. The Bertz CT molecular complexity index is 90.7. The minimum atomic E-state index is -0.858. The van der Waals surface area contributed by atoms with Gasteiger partial charge >= 0.3 is 0 Å². The van der Waals surface area contributed by atoms with Crippen LogP contribution in [0, 0.1) is 0 Å². The van der Waals surface area contributed by atoms with Crippen LogP contribution in [0.5, 0.6) is 0 Å². The molecule has 0 aromatic heterocycles. The molecule has 0 fully saturated rings. The summed E-state index contributed by atoms with van der Waals surface area (Å²) in [6.45, 7) is -0.320. The summed E-state index contributed by atoms with van der Waals surface area (Å²) in [7, 11) is 0. The minimum absolute atomic E-state index is 0.108. The third-order valence-electron chi connectivity index (χ3n) is 1.20. The number of aliphatic hydroxyl groups excluding tert-OH is 4. The van der Waals surface area contributed by atoms with E-state index >= 15 is 0 Å². The van der Waals surface area contributed by atoms with Crippen LogP contribution in [0.25, 0.3) is 0 Å². The van der Waals surface area contributed by atoms with E-state index in [4.69, 9.17) is 20.4 Å². The lowest BCUT2D eigenvalue weighted by Crippen LogP contribution is -2.37. The highest BCUT2D eigenvalue weighted by Crippen LogP contribution is 1.85. The summed E-state index contributed by atoms with van der Waals surface area (Å²) in [6.07, 6.45) is -1.46. The van der Waals surface area contributed by atoms with E-state index in [0.717, 1.165) is 0 Å². The molecule has 0 bridgehead atoms. The van der Waals surface area contributed by atoms with Crippen molar-refractivity contribution in [1.29, 1.82) is 0 Å². The summed E-state index contributed by atoms with van der Waals surface area (Å²) in [4.78, 5) is 0. The molecule has 5 nitrogen and oxygen atoms in total. The maximum Gasteiger partial charge on any atom is 0.107 e. The number of nitrogens with one attached hydrogen (secondary N) is 1. The van der Waals surface area contributed by atoms with Gasteiger partial charge in [0, 0.05) is 19.6 Å². The highest BCUT2D eigenvalue weighted by Gasteiger charge is 2.05. The first-order valence-electron chi connectivity index (χ1n) is 3.52. The summed E-state index contributed by atoms with van der Waals surface area (Å²) in [5.41, 5.74) is 0. The highest BCUT2D eigenvalue weighted by molar-refractivity contribution is 4.59. The fourth-order valence-electron chi connectivity index (χ4n) is 0.561. The maximum atomic E-state index is 8.93. The lowest BCUT2D eigenvalue weighted by atomic mass is 10.3. The number of hydrogen-bond donors (Lipinski definition) is 5. The van der Waals surface area contributed by atoms with Crippen LogP contribution in [0.2, 0.25) is 0 Å². The molecule has 5 N–H and O–H groups in total. The number of rotatable bonds is 6. The highest BCUT2D eigenvalue weighted by atomic mass is 16.3. The smallest absolute Gasteiger partial charge is 0.107 e. The van der Waals surface area contributed by atoms with Crippen molar-refractivity contribution in [2.24, 2.45) is 0 Å². The molecule has 0 heterocycles. The second-order valence-electron chi connectivity index (χ2n) is 2.27. The van der Waals surface area contributed by atoms with Crippen molar-refractivity contribution in [2.75, 3.05) is 19.8 Å². The lowest BCUT2D eigenvalue weighted by molar-refractivity contribution is 0.0571. The van der Waals surface area contributed by atoms with Crippen molar-refractivity contribution in [3.05, 3.63) is 0 Å². The molecule has 5 heteroatoms. The fraction of sp³-hybridized carbons (Fsp3) is 1.00. The zero-order valence-electron chi connectivity index (χ0n) is 6.27. The molecule has 2 atom stereocenters. The van der Waals surface area contributed by atoms with Crippen molar-refractivity contribution < 1.29 is 20.4 Å². The molecule has 0 spiro atoms. The van der Waals surface area contributed by atoms with Crippen LogP contribution in [0.1, 0.15) is 6.42 Å². The molecule has 0 saturated carbocycles. The standard InChI is InChI=1S/C6H15NO4/c8-2-1-6(11)7-3-5(10)4-9/h5-11H,1-4H2. The quantitative estimate of drug-likeness (QED) is 0.284. The van der Waals surface area contributed by atoms with Crippen molar-refractivity contribution in [3.63, 3.8) is 0 Å². The van der Waals surface area contributed by atoms with Gasteiger partial charge in [-0.25, -0.2) is 0 Å². The molecule has 11 heavy (non-hydrogen) atoms. The van der Waals surface area contributed by atoms with Gasteiger partial charge in [-0.05, 0) is 0 Å². The monoisotopic (exact) mass is 165 g/mol. The van der Waals surface area contributed by atoms with Gasteiger partial charge in [0.15, 0.2) is 0 Å². The molecular weight excluding hydrogens is 150 g/mol. The van der Waals surface area contributed by atoms with Crippen LogP contribution in [-0.2, 0) is 0 Å². The molecule has 0 aliphatic rings. The zero-order valence-corrected chi connectivity index (χ0v) is 6.27. The second kappa shape index (κ2) is 6.51. The van der Waals surface area contributed by atoms with Gasteiger partial charge in [-0.2, -0.15) is 0 Å². The zero-order chi connectivity index (χ0) is 8.69. The summed E-state index contributed by atoms with van der Waals surface area (Å²) >= 11 is 0. The van der Waals surface area contributed by atoms with Gasteiger partial charge in [-0.3, -0.25) is 5.32 Å². The topological polar surface area (TPSA) is 93.0 Å². The van der Waals surface area contributed by atoms with Crippen LogP contribution >= 0.6 is 0 Å². The van der Waals surface area contributed by atoms with Crippen LogP contribution in [-0.4, -0.2) is 52.5 Å². The first-order chi connectivity index (χ1) is 5.20. The van der Waals surface area contributed by atoms with E-state index in [1.807, 2.05) is 0 Å². The van der Waals surface area contributed by atoms with Crippen LogP contribution < -0.4 is 5.32 Å². The molecule has 2 unspecified atom stereocenters. The second-order valence-corrected chi connectivity index (χ2v) is 2.27. The molecular formula is C6H15NO4. The van der Waals surface area contributed by atoms with E-state index in [0.29, 0.717) is 0 Å². The van der Waals surface area contributed by atoms with Crippen LogP contribution in [0.4, 0.5) is 0 Å². The van der Waals surface area contributed by atoms with Crippen molar-refractivity contribution in [1.82, 2.24) is 5.32 Å². The molecule has 0 saturated heterocycles.